The average molecular weight is 424 g/mol. The minimum atomic E-state index is -0.203. The fourth-order valence-corrected chi connectivity index (χ4v) is 3.85. The van der Waals surface area contributed by atoms with Crippen molar-refractivity contribution in [1.29, 1.82) is 0 Å². The summed E-state index contributed by atoms with van der Waals surface area (Å²) in [5, 5.41) is 15.9. The molecule has 4 rings (SSSR count). The van der Waals surface area contributed by atoms with Gasteiger partial charge in [-0.25, -0.2) is 9.48 Å². The van der Waals surface area contributed by atoms with Crippen LogP contribution in [0.3, 0.4) is 0 Å². The third-order valence-corrected chi connectivity index (χ3v) is 5.42. The Morgan fingerprint density at radius 1 is 1.20 bits per heavy atom. The minimum absolute atomic E-state index is 0.139. The second-order valence-electron chi connectivity index (χ2n) is 7.02. The van der Waals surface area contributed by atoms with Crippen LogP contribution < -0.4 is 11.0 Å². The van der Waals surface area contributed by atoms with Gasteiger partial charge in [-0.15, -0.1) is 15.3 Å². The SMILES string of the molecule is CC(C)n1cnnc1SCC(=O)Nc1cccc(Cn2nc3ccccn3c2=O)c1. The molecule has 1 amide bonds. The summed E-state index contributed by atoms with van der Waals surface area (Å²) in [6, 6.07) is 13.0. The minimum Gasteiger partial charge on any atom is -0.325 e. The number of pyridine rings is 1. The maximum atomic E-state index is 12.4. The molecule has 0 aliphatic rings. The van der Waals surface area contributed by atoms with Crippen molar-refractivity contribution in [3.05, 3.63) is 71.0 Å². The molecule has 3 aromatic heterocycles. The number of hydrogen-bond donors (Lipinski definition) is 1. The molecule has 0 saturated heterocycles. The van der Waals surface area contributed by atoms with Crippen LogP contribution in [0, 0.1) is 0 Å². The predicted molar refractivity (Wildman–Crippen MR) is 115 cm³/mol. The Morgan fingerprint density at radius 3 is 2.87 bits per heavy atom. The highest BCUT2D eigenvalue weighted by atomic mass is 32.2. The summed E-state index contributed by atoms with van der Waals surface area (Å²) in [6.45, 7) is 4.39. The van der Waals surface area contributed by atoms with Gasteiger partial charge in [0.2, 0.25) is 5.91 Å². The van der Waals surface area contributed by atoms with E-state index in [2.05, 4.69) is 20.6 Å². The van der Waals surface area contributed by atoms with Gasteiger partial charge >= 0.3 is 5.69 Å². The van der Waals surface area contributed by atoms with E-state index in [4.69, 9.17) is 0 Å². The molecule has 0 bridgehead atoms. The molecule has 9 nitrogen and oxygen atoms in total. The van der Waals surface area contributed by atoms with Crippen LogP contribution in [0.1, 0.15) is 25.5 Å². The molecular weight excluding hydrogens is 402 g/mol. The van der Waals surface area contributed by atoms with Crippen molar-refractivity contribution in [2.45, 2.75) is 31.6 Å². The third kappa shape index (κ3) is 4.28. The molecule has 0 aliphatic heterocycles. The number of amides is 1. The van der Waals surface area contributed by atoms with E-state index < -0.39 is 0 Å². The molecule has 4 aromatic rings. The lowest BCUT2D eigenvalue weighted by atomic mass is 10.2. The molecule has 0 saturated carbocycles. The zero-order valence-corrected chi connectivity index (χ0v) is 17.4. The number of benzene rings is 1. The second-order valence-corrected chi connectivity index (χ2v) is 7.96. The highest BCUT2D eigenvalue weighted by Gasteiger charge is 2.12. The Morgan fingerprint density at radius 2 is 2.07 bits per heavy atom. The normalized spacial score (nSPS) is 11.3. The quantitative estimate of drug-likeness (QED) is 0.459. The second kappa shape index (κ2) is 8.54. The standard InChI is InChI=1S/C20H21N7O2S/c1-14(2)26-13-21-23-19(26)30-12-18(28)22-16-7-5-6-15(10-16)11-27-20(29)25-9-4-3-8-17(25)24-27/h3-10,13-14H,11-12H2,1-2H3,(H,22,28). The summed E-state index contributed by atoms with van der Waals surface area (Å²) in [5.41, 5.74) is 1.93. The van der Waals surface area contributed by atoms with Crippen molar-refractivity contribution >= 4 is 29.0 Å². The molecule has 154 valence electrons. The van der Waals surface area contributed by atoms with Crippen LogP contribution in [0.15, 0.2) is 64.9 Å². The lowest BCUT2D eigenvalue weighted by Gasteiger charge is -2.10. The van der Waals surface area contributed by atoms with Crippen molar-refractivity contribution in [3.8, 4) is 0 Å². The number of hydrogen-bond acceptors (Lipinski definition) is 6. The van der Waals surface area contributed by atoms with E-state index in [1.165, 1.54) is 20.8 Å². The van der Waals surface area contributed by atoms with Gasteiger partial charge in [0.25, 0.3) is 0 Å². The van der Waals surface area contributed by atoms with Crippen LogP contribution in [-0.2, 0) is 11.3 Å². The Hall–Kier alpha value is -3.40. The van der Waals surface area contributed by atoms with Crippen molar-refractivity contribution in [1.82, 2.24) is 28.9 Å². The first-order valence-electron chi connectivity index (χ1n) is 9.46. The van der Waals surface area contributed by atoms with Crippen LogP contribution in [0.4, 0.5) is 5.69 Å². The van der Waals surface area contributed by atoms with Crippen molar-refractivity contribution in [3.63, 3.8) is 0 Å². The van der Waals surface area contributed by atoms with Gasteiger partial charge in [0.15, 0.2) is 10.8 Å². The van der Waals surface area contributed by atoms with E-state index in [1.54, 1.807) is 24.7 Å². The molecule has 0 unspecified atom stereocenters. The number of nitrogens with zero attached hydrogens (tertiary/aromatic N) is 6. The Labute approximate surface area is 176 Å². The van der Waals surface area contributed by atoms with E-state index in [-0.39, 0.29) is 23.4 Å². The van der Waals surface area contributed by atoms with Gasteiger partial charge in [-0.3, -0.25) is 9.20 Å². The zero-order valence-electron chi connectivity index (χ0n) is 16.6. The lowest BCUT2D eigenvalue weighted by molar-refractivity contribution is -0.113. The van der Waals surface area contributed by atoms with Gasteiger partial charge in [0, 0.05) is 17.9 Å². The molecule has 0 radical (unpaired) electrons. The van der Waals surface area contributed by atoms with Gasteiger partial charge in [0.05, 0.1) is 12.3 Å². The first kappa shape index (κ1) is 19.9. The fraction of sp³-hybridized carbons (Fsp3) is 0.250. The Balaban J connectivity index is 1.41. The van der Waals surface area contributed by atoms with Crippen LogP contribution in [-0.4, -0.2) is 40.6 Å². The number of rotatable bonds is 7. The van der Waals surface area contributed by atoms with Crippen LogP contribution in [0.5, 0.6) is 0 Å². The largest absolute Gasteiger partial charge is 0.350 e. The first-order valence-corrected chi connectivity index (χ1v) is 10.4. The van der Waals surface area contributed by atoms with Gasteiger partial charge in [0.1, 0.15) is 6.33 Å². The number of anilines is 1. The van der Waals surface area contributed by atoms with Crippen molar-refractivity contribution in [2.75, 3.05) is 11.1 Å². The molecule has 1 aromatic carbocycles. The smallest absolute Gasteiger partial charge is 0.325 e. The molecule has 0 aliphatic carbocycles. The van der Waals surface area contributed by atoms with Crippen LogP contribution in [0.2, 0.25) is 0 Å². The van der Waals surface area contributed by atoms with E-state index in [1.807, 2.05) is 48.7 Å². The van der Waals surface area contributed by atoms with E-state index in [0.29, 0.717) is 23.0 Å². The molecule has 0 spiro atoms. The molecule has 30 heavy (non-hydrogen) atoms. The number of aromatic nitrogens is 6. The highest BCUT2D eigenvalue weighted by Crippen LogP contribution is 2.19. The molecule has 0 fully saturated rings. The summed E-state index contributed by atoms with van der Waals surface area (Å²) < 4.78 is 4.83. The molecular formula is C20H21N7O2S. The lowest BCUT2D eigenvalue weighted by Crippen LogP contribution is -2.21. The third-order valence-electron chi connectivity index (χ3n) is 4.46. The van der Waals surface area contributed by atoms with Crippen molar-refractivity contribution in [2.24, 2.45) is 0 Å². The van der Waals surface area contributed by atoms with Crippen LogP contribution >= 0.6 is 11.8 Å². The summed E-state index contributed by atoms with van der Waals surface area (Å²) in [5.74, 6) is 0.0852. The van der Waals surface area contributed by atoms with Gasteiger partial charge in [-0.05, 0) is 43.7 Å². The summed E-state index contributed by atoms with van der Waals surface area (Å²) >= 11 is 1.34. The Bertz CT molecular complexity index is 1240. The zero-order chi connectivity index (χ0) is 21.1. The average Bonchev–Trinajstić information content (AvgIpc) is 3.32. The number of thioether (sulfide) groups is 1. The van der Waals surface area contributed by atoms with Gasteiger partial charge in [-0.1, -0.05) is 30.0 Å². The topological polar surface area (TPSA) is 99.1 Å². The first-order chi connectivity index (χ1) is 14.5. The molecule has 10 heteroatoms. The summed E-state index contributed by atoms with van der Waals surface area (Å²) in [4.78, 5) is 24.8. The summed E-state index contributed by atoms with van der Waals surface area (Å²) in [6.07, 6.45) is 3.35. The highest BCUT2D eigenvalue weighted by molar-refractivity contribution is 7.99. The monoisotopic (exact) mass is 423 g/mol. The summed E-state index contributed by atoms with van der Waals surface area (Å²) in [7, 11) is 0. The van der Waals surface area contributed by atoms with Crippen LogP contribution in [0.25, 0.3) is 5.65 Å². The van der Waals surface area contributed by atoms with Gasteiger partial charge in [-0.2, -0.15) is 0 Å². The number of carbonyl (C=O) groups is 1. The number of nitrogens with one attached hydrogen (secondary N) is 1. The van der Waals surface area contributed by atoms with E-state index >= 15 is 0 Å². The number of fused-ring (bicyclic) bond motifs is 1. The predicted octanol–water partition coefficient (Wildman–Crippen LogP) is 2.45. The molecule has 0 atom stereocenters. The van der Waals surface area contributed by atoms with E-state index in [0.717, 1.165) is 5.56 Å². The van der Waals surface area contributed by atoms with Gasteiger partial charge < -0.3 is 9.88 Å². The fourth-order valence-electron chi connectivity index (χ4n) is 3.01. The van der Waals surface area contributed by atoms with E-state index in [9.17, 15) is 9.59 Å². The maximum Gasteiger partial charge on any atom is 0.350 e. The number of carbonyl (C=O) groups excluding carboxylic acids is 1. The maximum absolute atomic E-state index is 12.4. The molecule has 1 N–H and O–H groups in total. The molecule has 3 heterocycles. The van der Waals surface area contributed by atoms with Crippen molar-refractivity contribution < 1.29 is 4.79 Å². The Kier molecular flexibility index (Phi) is 5.66.